The van der Waals surface area contributed by atoms with Crippen LogP contribution in [0.5, 0.6) is 5.75 Å². The summed E-state index contributed by atoms with van der Waals surface area (Å²) in [7, 11) is 1.53. The van der Waals surface area contributed by atoms with Crippen LogP contribution in [0, 0.1) is 5.41 Å². The number of hydrogen-bond acceptors (Lipinski definition) is 3. The first-order valence-corrected chi connectivity index (χ1v) is 5.73. The fourth-order valence-electron chi connectivity index (χ4n) is 1.73. The SMILES string of the molecule is COc1cccc(C(=O)NCC2(C(=O)O)CC2)c1. The number of nitrogens with one attached hydrogen (secondary N) is 1. The molecule has 0 bridgehead atoms. The Kier molecular flexibility index (Phi) is 3.23. The van der Waals surface area contributed by atoms with Gasteiger partial charge in [0, 0.05) is 12.1 Å². The summed E-state index contributed by atoms with van der Waals surface area (Å²) in [5.74, 6) is -0.517. The Hall–Kier alpha value is -2.04. The van der Waals surface area contributed by atoms with Crippen LogP contribution >= 0.6 is 0 Å². The lowest BCUT2D eigenvalue weighted by Gasteiger charge is -2.11. The summed E-state index contributed by atoms with van der Waals surface area (Å²) in [6, 6.07) is 6.75. The van der Waals surface area contributed by atoms with Gasteiger partial charge in [-0.05, 0) is 31.0 Å². The van der Waals surface area contributed by atoms with Crippen LogP contribution in [0.3, 0.4) is 0 Å². The minimum Gasteiger partial charge on any atom is -0.497 e. The molecule has 0 aromatic heterocycles. The van der Waals surface area contributed by atoms with Gasteiger partial charge in [0.15, 0.2) is 0 Å². The van der Waals surface area contributed by atoms with Gasteiger partial charge in [0.1, 0.15) is 5.75 Å². The van der Waals surface area contributed by atoms with E-state index in [1.165, 1.54) is 7.11 Å². The maximum absolute atomic E-state index is 11.9. The van der Waals surface area contributed by atoms with Gasteiger partial charge >= 0.3 is 5.97 Å². The first kappa shape index (κ1) is 12.4. The number of rotatable bonds is 5. The summed E-state index contributed by atoms with van der Waals surface area (Å²) in [6.07, 6.45) is 1.25. The number of benzene rings is 1. The highest BCUT2D eigenvalue weighted by atomic mass is 16.5. The van der Waals surface area contributed by atoms with E-state index in [0.717, 1.165) is 0 Å². The zero-order valence-electron chi connectivity index (χ0n) is 10.1. The number of amides is 1. The molecule has 96 valence electrons. The van der Waals surface area contributed by atoms with E-state index in [4.69, 9.17) is 9.84 Å². The molecule has 1 amide bonds. The first-order valence-electron chi connectivity index (χ1n) is 5.73. The molecule has 18 heavy (non-hydrogen) atoms. The van der Waals surface area contributed by atoms with Crippen LogP contribution in [-0.4, -0.2) is 30.6 Å². The van der Waals surface area contributed by atoms with Crippen molar-refractivity contribution in [3.05, 3.63) is 29.8 Å². The van der Waals surface area contributed by atoms with Crippen molar-refractivity contribution in [2.45, 2.75) is 12.8 Å². The molecule has 1 fully saturated rings. The predicted octanol–water partition coefficient (Wildman–Crippen LogP) is 1.29. The van der Waals surface area contributed by atoms with E-state index in [9.17, 15) is 9.59 Å². The van der Waals surface area contributed by atoms with Crippen molar-refractivity contribution >= 4 is 11.9 Å². The maximum atomic E-state index is 11.9. The second-order valence-corrected chi connectivity index (χ2v) is 4.50. The van der Waals surface area contributed by atoms with Crippen molar-refractivity contribution in [2.75, 3.05) is 13.7 Å². The molecule has 0 unspecified atom stereocenters. The molecule has 5 nitrogen and oxygen atoms in total. The van der Waals surface area contributed by atoms with Gasteiger partial charge in [0.25, 0.3) is 5.91 Å². The van der Waals surface area contributed by atoms with Gasteiger partial charge in [-0.25, -0.2) is 0 Å². The highest BCUT2D eigenvalue weighted by Crippen LogP contribution is 2.45. The molecule has 2 rings (SSSR count). The Balaban J connectivity index is 1.97. The van der Waals surface area contributed by atoms with Crippen LogP contribution in [0.15, 0.2) is 24.3 Å². The maximum Gasteiger partial charge on any atom is 0.311 e. The van der Waals surface area contributed by atoms with Gasteiger partial charge in [0.2, 0.25) is 0 Å². The Labute approximate surface area is 105 Å². The van der Waals surface area contributed by atoms with Crippen LogP contribution in [0.2, 0.25) is 0 Å². The van der Waals surface area contributed by atoms with Gasteiger partial charge in [-0.15, -0.1) is 0 Å². The molecule has 0 heterocycles. The van der Waals surface area contributed by atoms with E-state index in [1.54, 1.807) is 24.3 Å². The third-order valence-electron chi connectivity index (χ3n) is 3.23. The number of hydrogen-bond donors (Lipinski definition) is 2. The molecule has 0 spiro atoms. The summed E-state index contributed by atoms with van der Waals surface area (Å²) in [6.45, 7) is 0.179. The molecule has 1 aliphatic rings. The summed E-state index contributed by atoms with van der Waals surface area (Å²) >= 11 is 0. The summed E-state index contributed by atoms with van der Waals surface area (Å²) in [4.78, 5) is 22.8. The molecule has 5 heteroatoms. The largest absolute Gasteiger partial charge is 0.497 e. The van der Waals surface area contributed by atoms with Crippen molar-refractivity contribution in [2.24, 2.45) is 5.41 Å². The van der Waals surface area contributed by atoms with Gasteiger partial charge in [-0.2, -0.15) is 0 Å². The predicted molar refractivity (Wildman–Crippen MR) is 64.6 cm³/mol. The van der Waals surface area contributed by atoms with E-state index in [1.807, 2.05) is 0 Å². The second kappa shape index (κ2) is 4.68. The van der Waals surface area contributed by atoms with Crippen LogP contribution in [0.25, 0.3) is 0 Å². The minimum atomic E-state index is -0.839. The molecule has 1 saturated carbocycles. The zero-order valence-corrected chi connectivity index (χ0v) is 10.1. The smallest absolute Gasteiger partial charge is 0.311 e. The highest BCUT2D eigenvalue weighted by Gasteiger charge is 2.50. The number of carboxylic acid groups (broad SMARTS) is 1. The van der Waals surface area contributed by atoms with Crippen molar-refractivity contribution in [3.8, 4) is 5.75 Å². The quantitative estimate of drug-likeness (QED) is 0.824. The standard InChI is InChI=1S/C13H15NO4/c1-18-10-4-2-3-9(7-10)11(15)14-8-13(5-6-13)12(16)17/h2-4,7H,5-6,8H2,1H3,(H,14,15)(H,16,17). The molecule has 0 aliphatic heterocycles. The topological polar surface area (TPSA) is 75.6 Å². The molecule has 0 saturated heterocycles. The number of methoxy groups -OCH3 is 1. The molecular formula is C13H15NO4. The van der Waals surface area contributed by atoms with E-state index < -0.39 is 11.4 Å². The number of carbonyl (C=O) groups is 2. The van der Waals surface area contributed by atoms with Gasteiger partial charge < -0.3 is 15.2 Å². The number of carbonyl (C=O) groups excluding carboxylic acids is 1. The molecule has 1 aliphatic carbocycles. The summed E-state index contributed by atoms with van der Waals surface area (Å²) in [5.41, 5.74) is -0.273. The lowest BCUT2D eigenvalue weighted by Crippen LogP contribution is -2.34. The monoisotopic (exact) mass is 249 g/mol. The number of carboxylic acids is 1. The third kappa shape index (κ3) is 2.45. The van der Waals surface area contributed by atoms with Crippen molar-refractivity contribution in [3.63, 3.8) is 0 Å². The van der Waals surface area contributed by atoms with Crippen molar-refractivity contribution in [1.82, 2.24) is 5.32 Å². The first-order chi connectivity index (χ1) is 8.57. The van der Waals surface area contributed by atoms with E-state index in [0.29, 0.717) is 24.2 Å². The molecule has 1 aromatic carbocycles. The zero-order chi connectivity index (χ0) is 13.2. The van der Waals surface area contributed by atoms with Gasteiger partial charge in [0.05, 0.1) is 12.5 Å². The van der Waals surface area contributed by atoms with Gasteiger partial charge in [-0.1, -0.05) is 6.07 Å². The van der Waals surface area contributed by atoms with Crippen molar-refractivity contribution < 1.29 is 19.4 Å². The summed E-state index contributed by atoms with van der Waals surface area (Å²) in [5, 5.41) is 11.7. The van der Waals surface area contributed by atoms with E-state index in [-0.39, 0.29) is 12.5 Å². The minimum absolute atomic E-state index is 0.179. The Morgan fingerprint density at radius 1 is 1.44 bits per heavy atom. The highest BCUT2D eigenvalue weighted by molar-refractivity contribution is 5.95. The molecule has 0 atom stereocenters. The lowest BCUT2D eigenvalue weighted by atomic mass is 10.1. The Morgan fingerprint density at radius 2 is 2.17 bits per heavy atom. The number of aliphatic carboxylic acids is 1. The van der Waals surface area contributed by atoms with Crippen LogP contribution in [0.4, 0.5) is 0 Å². The second-order valence-electron chi connectivity index (χ2n) is 4.50. The average Bonchev–Trinajstić information content (AvgIpc) is 3.17. The molecule has 2 N–H and O–H groups in total. The average molecular weight is 249 g/mol. The van der Waals surface area contributed by atoms with Crippen molar-refractivity contribution in [1.29, 1.82) is 0 Å². The van der Waals surface area contributed by atoms with E-state index in [2.05, 4.69) is 5.32 Å². The normalized spacial score (nSPS) is 15.8. The van der Waals surface area contributed by atoms with Gasteiger partial charge in [-0.3, -0.25) is 9.59 Å². The third-order valence-corrected chi connectivity index (χ3v) is 3.23. The molecular weight excluding hydrogens is 234 g/mol. The molecule has 1 aromatic rings. The van der Waals surface area contributed by atoms with Crippen LogP contribution < -0.4 is 10.1 Å². The fraction of sp³-hybridized carbons (Fsp3) is 0.385. The van der Waals surface area contributed by atoms with Crippen LogP contribution in [-0.2, 0) is 4.79 Å². The number of ether oxygens (including phenoxy) is 1. The summed E-state index contributed by atoms with van der Waals surface area (Å²) < 4.78 is 5.03. The fourth-order valence-corrected chi connectivity index (χ4v) is 1.73. The lowest BCUT2D eigenvalue weighted by molar-refractivity contribution is -0.143. The van der Waals surface area contributed by atoms with Crippen LogP contribution in [0.1, 0.15) is 23.2 Å². The Morgan fingerprint density at radius 3 is 2.72 bits per heavy atom. The molecule has 0 radical (unpaired) electrons. The Bertz CT molecular complexity index is 480. The van der Waals surface area contributed by atoms with E-state index >= 15 is 0 Å².